The van der Waals surface area contributed by atoms with E-state index in [2.05, 4.69) is 22.9 Å². The van der Waals surface area contributed by atoms with Crippen LogP contribution < -0.4 is 10.0 Å². The summed E-state index contributed by atoms with van der Waals surface area (Å²) in [5.41, 5.74) is -0.540. The number of benzene rings is 3. The molecule has 0 aliphatic heterocycles. The predicted octanol–water partition coefficient (Wildman–Crippen LogP) is 10.9. The Morgan fingerprint density at radius 3 is 2.02 bits per heavy atom. The zero-order valence-electron chi connectivity index (χ0n) is 27.4. The summed E-state index contributed by atoms with van der Waals surface area (Å²) < 4.78 is 84.0. The molecule has 3 aromatic rings. The minimum Gasteiger partial charge on any atom is -0.489 e. The Balaban J connectivity index is 1.44. The second-order valence-corrected chi connectivity index (χ2v) is 17.4. The molecule has 1 aliphatic carbocycles. The van der Waals surface area contributed by atoms with Crippen LogP contribution in [0.3, 0.4) is 0 Å². The van der Waals surface area contributed by atoms with E-state index in [1.165, 1.54) is 47.0 Å². The van der Waals surface area contributed by atoms with E-state index in [1.807, 2.05) is 42.5 Å². The molecule has 7 nitrogen and oxygen atoms in total. The molecule has 3 aromatic carbocycles. The van der Waals surface area contributed by atoms with Gasteiger partial charge in [0.1, 0.15) is 11.1 Å². The third-order valence-corrected chi connectivity index (χ3v) is 14.0. The first kappa shape index (κ1) is 38.3. The van der Waals surface area contributed by atoms with Gasteiger partial charge in [0.2, 0.25) is 0 Å². The molecule has 0 bridgehead atoms. The third kappa shape index (κ3) is 8.98. The smallest absolute Gasteiger partial charge is 0.404 e. The van der Waals surface area contributed by atoms with Crippen molar-refractivity contribution < 1.29 is 40.7 Å². The molecular formula is C34H43BrF2O7P2S. The van der Waals surface area contributed by atoms with E-state index in [9.17, 15) is 9.13 Å². The summed E-state index contributed by atoms with van der Waals surface area (Å²) in [6.45, 7) is 4.73. The lowest BCUT2D eigenvalue weighted by Crippen LogP contribution is -2.24. The van der Waals surface area contributed by atoms with Gasteiger partial charge in [-0.1, -0.05) is 71.2 Å². The quantitative estimate of drug-likeness (QED) is 0.125. The summed E-state index contributed by atoms with van der Waals surface area (Å²) in [6.07, 6.45) is 4.65. The fourth-order valence-electron chi connectivity index (χ4n) is 5.66. The molecule has 47 heavy (non-hydrogen) atoms. The summed E-state index contributed by atoms with van der Waals surface area (Å²) in [4.78, 5) is 0. The van der Waals surface area contributed by atoms with Crippen molar-refractivity contribution in [3.8, 4) is 16.9 Å². The van der Waals surface area contributed by atoms with Crippen molar-refractivity contribution in [2.45, 2.75) is 69.7 Å². The van der Waals surface area contributed by atoms with Crippen molar-refractivity contribution in [3.05, 3.63) is 81.8 Å². The fourth-order valence-corrected chi connectivity index (χ4v) is 10.2. The SMILES string of the molecule is CCOP(=O)(OCC)C(F)(F)c1ccc(CSCc2ccc(-c3ccc(OC(C)C4CCCC4)c(P(=O)(OC)OC)c3)cc2)cc1Br. The van der Waals surface area contributed by atoms with Crippen molar-refractivity contribution in [2.75, 3.05) is 27.4 Å². The van der Waals surface area contributed by atoms with E-state index in [4.69, 9.17) is 22.8 Å². The Kier molecular flexibility index (Phi) is 13.8. The number of hydrogen-bond acceptors (Lipinski definition) is 8. The molecule has 0 saturated heterocycles. The minimum atomic E-state index is -4.70. The number of rotatable bonds is 17. The van der Waals surface area contributed by atoms with Gasteiger partial charge in [0.25, 0.3) is 0 Å². The van der Waals surface area contributed by atoms with Gasteiger partial charge >= 0.3 is 20.9 Å². The zero-order chi connectivity index (χ0) is 34.2. The highest BCUT2D eigenvalue weighted by Crippen LogP contribution is 2.67. The van der Waals surface area contributed by atoms with Crippen LogP contribution in [0.2, 0.25) is 0 Å². The van der Waals surface area contributed by atoms with Gasteiger partial charge in [-0.15, -0.1) is 0 Å². The molecule has 1 aliphatic rings. The van der Waals surface area contributed by atoms with Gasteiger partial charge in [0.05, 0.1) is 19.3 Å². The summed E-state index contributed by atoms with van der Waals surface area (Å²) in [7, 11) is -5.54. The Morgan fingerprint density at radius 2 is 1.45 bits per heavy atom. The van der Waals surface area contributed by atoms with E-state index < -0.39 is 26.4 Å². The molecule has 0 heterocycles. The van der Waals surface area contributed by atoms with Crippen molar-refractivity contribution in [2.24, 2.45) is 5.92 Å². The fraction of sp³-hybridized carbons (Fsp3) is 0.471. The molecule has 0 spiro atoms. The Morgan fingerprint density at radius 1 is 0.872 bits per heavy atom. The van der Waals surface area contributed by atoms with Crippen molar-refractivity contribution in [1.82, 2.24) is 0 Å². The van der Waals surface area contributed by atoms with Crippen molar-refractivity contribution in [1.29, 1.82) is 0 Å². The maximum atomic E-state index is 15.3. The lowest BCUT2D eigenvalue weighted by atomic mass is 10.0. The number of ether oxygens (including phenoxy) is 1. The van der Waals surface area contributed by atoms with Crippen LogP contribution in [0.25, 0.3) is 11.1 Å². The molecular weight excluding hydrogens is 732 g/mol. The van der Waals surface area contributed by atoms with Crippen LogP contribution in [-0.4, -0.2) is 33.5 Å². The van der Waals surface area contributed by atoms with Crippen LogP contribution in [0.4, 0.5) is 8.78 Å². The van der Waals surface area contributed by atoms with Crippen molar-refractivity contribution in [3.63, 3.8) is 0 Å². The number of halogens is 3. The van der Waals surface area contributed by atoms with E-state index in [0.717, 1.165) is 35.1 Å². The van der Waals surface area contributed by atoms with Gasteiger partial charge in [-0.25, -0.2) is 0 Å². The highest BCUT2D eigenvalue weighted by molar-refractivity contribution is 9.10. The van der Waals surface area contributed by atoms with Crippen LogP contribution >= 0.6 is 42.9 Å². The van der Waals surface area contributed by atoms with Crippen LogP contribution in [0.5, 0.6) is 5.75 Å². The predicted molar refractivity (Wildman–Crippen MR) is 189 cm³/mol. The molecule has 1 unspecified atom stereocenters. The van der Waals surface area contributed by atoms with E-state index >= 15 is 8.78 Å². The molecule has 0 N–H and O–H groups in total. The first-order valence-electron chi connectivity index (χ1n) is 15.7. The maximum absolute atomic E-state index is 15.3. The second-order valence-electron chi connectivity index (χ2n) is 11.3. The standard InChI is InChI=1S/C34H43BrF2O7P2S/c1-6-42-46(39,43-7-2)34(36,37)30-18-14-26(20-31(30)35)23-47-22-25-12-15-28(16-13-25)29-17-19-32(33(21-29)45(38,40-4)41-5)44-24(3)27-10-8-9-11-27/h12-21,24,27H,6-11,22-23H2,1-5H3. The third-order valence-electron chi connectivity index (χ3n) is 8.24. The lowest BCUT2D eigenvalue weighted by molar-refractivity contribution is 0.0354. The van der Waals surface area contributed by atoms with Gasteiger partial charge in [0, 0.05) is 35.8 Å². The zero-order valence-corrected chi connectivity index (χ0v) is 31.6. The van der Waals surface area contributed by atoms with Crippen LogP contribution in [-0.2, 0) is 44.4 Å². The topological polar surface area (TPSA) is 80.3 Å². The number of thioether (sulfide) groups is 1. The second kappa shape index (κ2) is 16.9. The van der Waals surface area contributed by atoms with E-state index in [0.29, 0.717) is 28.5 Å². The molecule has 0 aromatic heterocycles. The average molecular weight is 776 g/mol. The van der Waals surface area contributed by atoms with Crippen LogP contribution in [0.1, 0.15) is 63.1 Å². The lowest BCUT2D eigenvalue weighted by Gasteiger charge is -2.26. The molecule has 0 radical (unpaired) electrons. The molecule has 1 atom stereocenters. The van der Waals surface area contributed by atoms with Gasteiger partial charge in [-0.3, -0.25) is 9.13 Å². The summed E-state index contributed by atoms with van der Waals surface area (Å²) >= 11 is 4.88. The Labute approximate surface area is 289 Å². The first-order chi connectivity index (χ1) is 22.4. The van der Waals surface area contributed by atoms with E-state index in [1.54, 1.807) is 23.9 Å². The number of hydrogen-bond donors (Lipinski definition) is 0. The largest absolute Gasteiger partial charge is 0.489 e. The average Bonchev–Trinajstić information content (AvgIpc) is 3.61. The van der Waals surface area contributed by atoms with Crippen molar-refractivity contribution >= 4 is 48.2 Å². The molecule has 258 valence electrons. The summed E-state index contributed by atoms with van der Waals surface area (Å²) in [5, 5.41) is 0.401. The molecule has 0 amide bonds. The minimum absolute atomic E-state index is 0.0135. The maximum Gasteiger partial charge on any atom is 0.404 e. The van der Waals surface area contributed by atoms with Gasteiger partial charge in [-0.05, 0) is 80.0 Å². The highest BCUT2D eigenvalue weighted by atomic mass is 79.9. The number of alkyl halides is 2. The van der Waals surface area contributed by atoms with E-state index in [-0.39, 0.29) is 23.8 Å². The summed E-state index contributed by atoms with van der Waals surface area (Å²) in [6, 6.07) is 18.2. The molecule has 13 heteroatoms. The molecule has 1 saturated carbocycles. The summed E-state index contributed by atoms with van der Waals surface area (Å²) in [5.74, 6) is 2.25. The van der Waals surface area contributed by atoms with Gasteiger partial charge < -0.3 is 22.8 Å². The van der Waals surface area contributed by atoms with Gasteiger partial charge in [-0.2, -0.15) is 20.5 Å². The first-order valence-corrected chi connectivity index (χ1v) is 20.7. The Hall–Kier alpha value is -1.55. The normalized spacial score (nSPS) is 15.2. The molecule has 4 rings (SSSR count). The highest BCUT2D eigenvalue weighted by Gasteiger charge is 2.55. The van der Waals surface area contributed by atoms with Crippen LogP contribution in [0, 0.1) is 5.92 Å². The van der Waals surface area contributed by atoms with Gasteiger partial charge in [0.15, 0.2) is 0 Å². The Bertz CT molecular complexity index is 1570. The molecule has 1 fully saturated rings. The van der Waals surface area contributed by atoms with Crippen LogP contribution in [0.15, 0.2) is 65.1 Å². The monoisotopic (exact) mass is 774 g/mol.